The lowest BCUT2D eigenvalue weighted by Crippen LogP contribution is -2.44. The van der Waals surface area contributed by atoms with Crippen LogP contribution in [0.5, 0.6) is 0 Å². The van der Waals surface area contributed by atoms with Gasteiger partial charge in [0.15, 0.2) is 0 Å². The highest BCUT2D eigenvalue weighted by Gasteiger charge is 2.46. The molecule has 0 amide bonds. The largest absolute Gasteiger partial charge is 0.300 e. The van der Waals surface area contributed by atoms with E-state index in [1.165, 1.54) is 36.0 Å². The number of fused-ring (bicyclic) bond motifs is 2. The molecule has 2 aliphatic rings. The molecule has 1 heteroatoms. The maximum Gasteiger partial charge on any atom is 0.0170 e. The van der Waals surface area contributed by atoms with E-state index in [2.05, 4.69) is 73.5 Å². The third kappa shape index (κ3) is 2.28. The van der Waals surface area contributed by atoms with Crippen LogP contribution in [0.1, 0.15) is 47.8 Å². The topological polar surface area (TPSA) is 3.24 Å². The van der Waals surface area contributed by atoms with Crippen LogP contribution >= 0.6 is 0 Å². The smallest absolute Gasteiger partial charge is 0.0170 e. The van der Waals surface area contributed by atoms with Crippen LogP contribution < -0.4 is 0 Å². The van der Waals surface area contributed by atoms with Crippen molar-refractivity contribution in [3.05, 3.63) is 71.3 Å². The van der Waals surface area contributed by atoms with E-state index >= 15 is 0 Å². The number of nitrogens with zero attached hydrogens (tertiary/aromatic N) is 1. The summed E-state index contributed by atoms with van der Waals surface area (Å²) in [5.41, 5.74) is 4.41. The zero-order valence-corrected chi connectivity index (χ0v) is 13.6. The van der Waals surface area contributed by atoms with Gasteiger partial charge >= 0.3 is 0 Å². The van der Waals surface area contributed by atoms with Crippen LogP contribution in [0.4, 0.5) is 0 Å². The molecule has 2 aromatic rings. The van der Waals surface area contributed by atoms with Gasteiger partial charge in [-0.2, -0.15) is 0 Å². The van der Waals surface area contributed by atoms with Crippen LogP contribution in [0.3, 0.4) is 0 Å². The molecule has 0 aromatic heterocycles. The maximum atomic E-state index is 2.66. The number of hydrogen-bond acceptors (Lipinski definition) is 1. The standard InChI is InChI=1S/C21H25N/c1-15-8-10-16(11-9-15)19-14-18-12-13-20(22(18)2)21(19)17-6-4-3-5-7-17/h3-11,18-21H,12-14H2,1-2H3/t18-,19-,20+,21-/m0/s1. The van der Waals surface area contributed by atoms with Crippen molar-refractivity contribution < 1.29 is 0 Å². The van der Waals surface area contributed by atoms with Crippen molar-refractivity contribution >= 4 is 0 Å². The van der Waals surface area contributed by atoms with Crippen molar-refractivity contribution in [2.24, 2.45) is 0 Å². The number of hydrogen-bond donors (Lipinski definition) is 0. The first-order chi connectivity index (χ1) is 10.7. The molecule has 0 N–H and O–H groups in total. The van der Waals surface area contributed by atoms with Gasteiger partial charge in [0.25, 0.3) is 0 Å². The first-order valence-corrected chi connectivity index (χ1v) is 8.57. The van der Waals surface area contributed by atoms with Gasteiger partial charge in [0.1, 0.15) is 0 Å². The minimum Gasteiger partial charge on any atom is -0.300 e. The zero-order valence-electron chi connectivity index (χ0n) is 13.6. The maximum absolute atomic E-state index is 2.66. The molecule has 4 rings (SSSR count). The van der Waals surface area contributed by atoms with Crippen molar-refractivity contribution in [3.63, 3.8) is 0 Å². The van der Waals surface area contributed by atoms with E-state index in [1.54, 1.807) is 0 Å². The van der Waals surface area contributed by atoms with E-state index in [0.29, 0.717) is 17.9 Å². The minimum atomic E-state index is 0.632. The molecular weight excluding hydrogens is 266 g/mol. The van der Waals surface area contributed by atoms with Crippen molar-refractivity contribution in [1.29, 1.82) is 0 Å². The fraction of sp³-hybridized carbons (Fsp3) is 0.429. The fourth-order valence-corrected chi connectivity index (χ4v) is 4.75. The van der Waals surface area contributed by atoms with Crippen LogP contribution in [0, 0.1) is 6.92 Å². The molecular formula is C21H25N. The summed E-state index contributed by atoms with van der Waals surface area (Å²) in [6.07, 6.45) is 4.02. The quantitative estimate of drug-likeness (QED) is 0.773. The van der Waals surface area contributed by atoms with Crippen LogP contribution in [0.2, 0.25) is 0 Å². The summed E-state index contributed by atoms with van der Waals surface area (Å²) in [7, 11) is 2.34. The predicted molar refractivity (Wildman–Crippen MR) is 92.3 cm³/mol. The summed E-state index contributed by atoms with van der Waals surface area (Å²) in [6, 6.07) is 21.9. The second kappa shape index (κ2) is 5.55. The van der Waals surface area contributed by atoms with Crippen LogP contribution in [-0.2, 0) is 0 Å². The highest BCUT2D eigenvalue weighted by molar-refractivity contribution is 5.34. The Balaban J connectivity index is 1.76. The monoisotopic (exact) mass is 291 g/mol. The number of rotatable bonds is 2. The second-order valence-corrected chi connectivity index (χ2v) is 7.15. The fourth-order valence-electron chi connectivity index (χ4n) is 4.75. The van der Waals surface area contributed by atoms with E-state index in [9.17, 15) is 0 Å². The first kappa shape index (κ1) is 14.0. The van der Waals surface area contributed by atoms with Gasteiger partial charge in [-0.05, 0) is 50.3 Å². The van der Waals surface area contributed by atoms with Crippen LogP contribution in [0.15, 0.2) is 54.6 Å². The van der Waals surface area contributed by atoms with Crippen LogP contribution in [-0.4, -0.2) is 24.0 Å². The molecule has 114 valence electrons. The van der Waals surface area contributed by atoms with E-state index in [1.807, 2.05) is 0 Å². The Kier molecular flexibility index (Phi) is 3.54. The molecule has 4 atom stereocenters. The minimum absolute atomic E-state index is 0.632. The Morgan fingerprint density at radius 1 is 0.864 bits per heavy atom. The second-order valence-electron chi connectivity index (χ2n) is 7.15. The van der Waals surface area contributed by atoms with Gasteiger partial charge < -0.3 is 0 Å². The summed E-state index contributed by atoms with van der Waals surface area (Å²) in [5.74, 6) is 1.30. The Bertz CT molecular complexity index is 631. The van der Waals surface area contributed by atoms with Crippen molar-refractivity contribution in [1.82, 2.24) is 4.90 Å². The van der Waals surface area contributed by atoms with Gasteiger partial charge in [-0.15, -0.1) is 0 Å². The molecule has 1 nitrogen and oxygen atoms in total. The molecule has 22 heavy (non-hydrogen) atoms. The van der Waals surface area contributed by atoms with Crippen molar-refractivity contribution in [2.75, 3.05) is 7.05 Å². The summed E-state index contributed by atoms with van der Waals surface area (Å²) in [6.45, 7) is 2.18. The van der Waals surface area contributed by atoms with Gasteiger partial charge in [-0.3, -0.25) is 4.90 Å². The Hall–Kier alpha value is -1.60. The van der Waals surface area contributed by atoms with Gasteiger partial charge in [0.05, 0.1) is 0 Å². The molecule has 2 aliphatic heterocycles. The first-order valence-electron chi connectivity index (χ1n) is 8.57. The lowest BCUT2D eigenvalue weighted by molar-refractivity contribution is 0.137. The van der Waals surface area contributed by atoms with E-state index < -0.39 is 0 Å². The summed E-state index contributed by atoms with van der Waals surface area (Å²) < 4.78 is 0. The SMILES string of the molecule is Cc1ccc([C@@H]2C[C@@H]3CC[C@H]([C@H]2c2ccccc2)N3C)cc1. The van der Waals surface area contributed by atoms with Crippen LogP contribution in [0.25, 0.3) is 0 Å². The molecule has 0 spiro atoms. The van der Waals surface area contributed by atoms with E-state index in [-0.39, 0.29) is 0 Å². The van der Waals surface area contributed by atoms with Gasteiger partial charge in [0, 0.05) is 18.0 Å². The summed E-state index contributed by atoms with van der Waals surface area (Å²) >= 11 is 0. The number of piperidine rings is 1. The number of likely N-dealkylation sites (N-methyl/N-ethyl adjacent to an activating group) is 1. The van der Waals surface area contributed by atoms with Gasteiger partial charge in [-0.1, -0.05) is 60.2 Å². The highest BCUT2D eigenvalue weighted by Crippen LogP contribution is 2.50. The zero-order chi connectivity index (χ0) is 15.1. The molecule has 2 saturated heterocycles. The summed E-state index contributed by atoms with van der Waals surface area (Å²) in [4.78, 5) is 2.66. The number of benzene rings is 2. The molecule has 0 radical (unpaired) electrons. The molecule has 2 aromatic carbocycles. The van der Waals surface area contributed by atoms with E-state index in [4.69, 9.17) is 0 Å². The van der Waals surface area contributed by atoms with E-state index in [0.717, 1.165) is 6.04 Å². The van der Waals surface area contributed by atoms with Crippen molar-refractivity contribution in [2.45, 2.75) is 50.1 Å². The average Bonchev–Trinajstić information content (AvgIpc) is 2.79. The van der Waals surface area contributed by atoms with Gasteiger partial charge in [0.2, 0.25) is 0 Å². The Morgan fingerprint density at radius 3 is 2.32 bits per heavy atom. The Labute approximate surface area is 134 Å². The molecule has 0 saturated carbocycles. The Morgan fingerprint density at radius 2 is 1.59 bits per heavy atom. The molecule has 0 aliphatic carbocycles. The van der Waals surface area contributed by atoms with Crippen molar-refractivity contribution in [3.8, 4) is 0 Å². The molecule has 2 fully saturated rings. The average molecular weight is 291 g/mol. The highest BCUT2D eigenvalue weighted by atomic mass is 15.2. The predicted octanol–water partition coefficient (Wildman–Crippen LogP) is 4.73. The third-order valence-electron chi connectivity index (χ3n) is 5.96. The molecule has 2 bridgehead atoms. The molecule has 0 unspecified atom stereocenters. The lowest BCUT2D eigenvalue weighted by Gasteiger charge is -2.43. The number of aryl methyl sites for hydroxylation is 1. The summed E-state index contributed by atoms with van der Waals surface area (Å²) in [5, 5.41) is 0. The lowest BCUT2D eigenvalue weighted by atomic mass is 9.73. The normalized spacial score (nSPS) is 31.4. The molecule has 2 heterocycles. The third-order valence-corrected chi connectivity index (χ3v) is 5.96. The van der Waals surface area contributed by atoms with Gasteiger partial charge in [-0.25, -0.2) is 0 Å².